The van der Waals surface area contributed by atoms with E-state index in [1.165, 1.54) is 11.3 Å². The molecule has 0 bridgehead atoms. The first-order chi connectivity index (χ1) is 12.9. The molecule has 3 aromatic heterocycles. The van der Waals surface area contributed by atoms with Crippen LogP contribution in [-0.2, 0) is 31.0 Å². The van der Waals surface area contributed by atoms with Gasteiger partial charge in [0.2, 0.25) is 0 Å². The topological polar surface area (TPSA) is 56.1 Å². The Hall–Kier alpha value is -2.57. The molecular weight excluding hydrogens is 326 g/mol. The highest BCUT2D eigenvalue weighted by atomic mass is 16.5. The monoisotopic (exact) mass is 349 g/mol. The van der Waals surface area contributed by atoms with Crippen LogP contribution < -0.4 is 0 Å². The summed E-state index contributed by atoms with van der Waals surface area (Å²) in [6.45, 7) is 4.95. The molecule has 4 heterocycles. The average molecular weight is 349 g/mol. The summed E-state index contributed by atoms with van der Waals surface area (Å²) >= 11 is 0. The number of aromatic nitrogens is 4. The molecule has 26 heavy (non-hydrogen) atoms. The molecule has 0 fully saturated rings. The fourth-order valence-corrected chi connectivity index (χ4v) is 3.42. The van der Waals surface area contributed by atoms with Gasteiger partial charge < -0.3 is 4.74 Å². The first-order valence-electron chi connectivity index (χ1n) is 8.95. The zero-order valence-corrected chi connectivity index (χ0v) is 14.7. The highest BCUT2D eigenvalue weighted by molar-refractivity contribution is 5.10. The van der Waals surface area contributed by atoms with Gasteiger partial charge in [-0.3, -0.25) is 19.5 Å². The first kappa shape index (κ1) is 16.9. The summed E-state index contributed by atoms with van der Waals surface area (Å²) in [7, 11) is 0. The Morgan fingerprint density at radius 1 is 0.962 bits per heavy atom. The molecule has 3 aromatic rings. The third-order valence-corrected chi connectivity index (χ3v) is 4.61. The molecule has 6 heteroatoms. The Morgan fingerprint density at radius 3 is 2.54 bits per heavy atom. The Balaban J connectivity index is 1.40. The maximum absolute atomic E-state index is 5.98. The summed E-state index contributed by atoms with van der Waals surface area (Å²) in [6.07, 6.45) is 9.28. The molecule has 1 atom stereocenters. The van der Waals surface area contributed by atoms with E-state index >= 15 is 0 Å². The summed E-state index contributed by atoms with van der Waals surface area (Å²) in [5.74, 6) is 0.393. The first-order valence-corrected chi connectivity index (χ1v) is 8.95. The fraction of sp³-hybridized carbons (Fsp3) is 0.350. The molecule has 0 aliphatic carbocycles. The fourth-order valence-electron chi connectivity index (χ4n) is 3.42. The lowest BCUT2D eigenvalue weighted by Crippen LogP contribution is -2.30. The molecule has 0 saturated carbocycles. The number of ether oxygens (including phenoxy) is 1. The van der Waals surface area contributed by atoms with Crippen molar-refractivity contribution in [3.05, 3.63) is 78.1 Å². The SMILES string of the molecule is c1cncc(COC[C@@H]2CN(Cc3cccnc3)Cc3ccnn3C2)c1. The van der Waals surface area contributed by atoms with Crippen LogP contribution in [-0.4, -0.2) is 37.8 Å². The highest BCUT2D eigenvalue weighted by Crippen LogP contribution is 2.18. The van der Waals surface area contributed by atoms with Gasteiger partial charge in [0.25, 0.3) is 0 Å². The average Bonchev–Trinajstić information content (AvgIpc) is 3.03. The minimum absolute atomic E-state index is 0.393. The zero-order chi connectivity index (χ0) is 17.6. The van der Waals surface area contributed by atoms with Gasteiger partial charge in [0, 0.05) is 63.1 Å². The molecule has 1 aliphatic heterocycles. The van der Waals surface area contributed by atoms with Gasteiger partial charge in [-0.25, -0.2) is 0 Å². The van der Waals surface area contributed by atoms with E-state index < -0.39 is 0 Å². The lowest BCUT2D eigenvalue weighted by Gasteiger charge is -2.23. The number of fused-ring (bicyclic) bond motifs is 1. The maximum atomic E-state index is 5.98. The predicted octanol–water partition coefficient (Wildman–Crippen LogP) is 2.52. The van der Waals surface area contributed by atoms with Crippen molar-refractivity contribution in [1.29, 1.82) is 0 Å². The van der Waals surface area contributed by atoms with Crippen LogP contribution in [0.3, 0.4) is 0 Å². The van der Waals surface area contributed by atoms with Crippen molar-refractivity contribution in [2.24, 2.45) is 5.92 Å². The van der Waals surface area contributed by atoms with E-state index in [0.717, 1.165) is 31.7 Å². The lowest BCUT2D eigenvalue weighted by molar-refractivity contribution is 0.0655. The van der Waals surface area contributed by atoms with Crippen molar-refractivity contribution in [2.75, 3.05) is 13.2 Å². The largest absolute Gasteiger partial charge is 0.376 e. The zero-order valence-electron chi connectivity index (χ0n) is 14.7. The van der Waals surface area contributed by atoms with Crippen LogP contribution >= 0.6 is 0 Å². The predicted molar refractivity (Wildman–Crippen MR) is 98.0 cm³/mol. The summed E-state index contributed by atoms with van der Waals surface area (Å²) in [5, 5.41) is 4.49. The number of hydrogen-bond donors (Lipinski definition) is 0. The Labute approximate surface area is 153 Å². The standard InChI is InChI=1S/C20H23N5O/c1-3-17(9-21-6-1)11-24-12-19(13-25-20(14-24)5-8-23-25)16-26-15-18-4-2-7-22-10-18/h1-10,19H,11-16H2/t19-/m1/s1. The van der Waals surface area contributed by atoms with E-state index in [-0.39, 0.29) is 0 Å². The number of hydrogen-bond acceptors (Lipinski definition) is 5. The van der Waals surface area contributed by atoms with Crippen molar-refractivity contribution in [3.8, 4) is 0 Å². The quantitative estimate of drug-likeness (QED) is 0.684. The van der Waals surface area contributed by atoms with Crippen LogP contribution in [0.25, 0.3) is 0 Å². The van der Waals surface area contributed by atoms with Gasteiger partial charge >= 0.3 is 0 Å². The smallest absolute Gasteiger partial charge is 0.0731 e. The van der Waals surface area contributed by atoms with Crippen LogP contribution in [0.15, 0.2) is 61.3 Å². The van der Waals surface area contributed by atoms with Gasteiger partial charge in [-0.05, 0) is 29.3 Å². The number of rotatable bonds is 6. The number of pyridine rings is 2. The summed E-state index contributed by atoms with van der Waals surface area (Å²) in [5.41, 5.74) is 3.59. The molecule has 0 N–H and O–H groups in total. The molecule has 6 nitrogen and oxygen atoms in total. The normalized spacial score (nSPS) is 17.6. The minimum Gasteiger partial charge on any atom is -0.376 e. The van der Waals surface area contributed by atoms with Crippen molar-refractivity contribution in [2.45, 2.75) is 26.2 Å². The molecular formula is C20H23N5O. The Morgan fingerprint density at radius 2 is 1.77 bits per heavy atom. The molecule has 0 spiro atoms. The molecule has 1 aliphatic rings. The second kappa shape index (κ2) is 8.21. The van der Waals surface area contributed by atoms with Crippen LogP contribution in [0.5, 0.6) is 0 Å². The van der Waals surface area contributed by atoms with Crippen molar-refractivity contribution >= 4 is 0 Å². The van der Waals surface area contributed by atoms with Crippen LogP contribution in [0.4, 0.5) is 0 Å². The molecule has 0 amide bonds. The van der Waals surface area contributed by atoms with E-state index in [0.29, 0.717) is 19.1 Å². The van der Waals surface area contributed by atoms with E-state index in [1.54, 1.807) is 6.20 Å². The molecule has 134 valence electrons. The van der Waals surface area contributed by atoms with Gasteiger partial charge in [0.15, 0.2) is 0 Å². The van der Waals surface area contributed by atoms with E-state index in [4.69, 9.17) is 4.74 Å². The third-order valence-electron chi connectivity index (χ3n) is 4.61. The Kier molecular flexibility index (Phi) is 5.33. The number of nitrogens with zero attached hydrogens (tertiary/aromatic N) is 5. The molecule has 0 unspecified atom stereocenters. The van der Waals surface area contributed by atoms with E-state index in [2.05, 4.69) is 36.8 Å². The van der Waals surface area contributed by atoms with Gasteiger partial charge in [-0.15, -0.1) is 0 Å². The summed E-state index contributed by atoms with van der Waals surface area (Å²) in [6, 6.07) is 10.2. The summed E-state index contributed by atoms with van der Waals surface area (Å²) < 4.78 is 8.10. The molecule has 4 rings (SSSR count). The van der Waals surface area contributed by atoms with Crippen molar-refractivity contribution in [3.63, 3.8) is 0 Å². The van der Waals surface area contributed by atoms with E-state index in [1.807, 2.05) is 43.0 Å². The highest BCUT2D eigenvalue weighted by Gasteiger charge is 2.22. The third kappa shape index (κ3) is 4.33. The van der Waals surface area contributed by atoms with Gasteiger partial charge in [-0.1, -0.05) is 12.1 Å². The molecule has 0 aromatic carbocycles. The van der Waals surface area contributed by atoms with Gasteiger partial charge in [-0.2, -0.15) is 5.10 Å². The second-order valence-electron chi connectivity index (χ2n) is 6.78. The maximum Gasteiger partial charge on any atom is 0.0731 e. The lowest BCUT2D eigenvalue weighted by atomic mass is 10.1. The van der Waals surface area contributed by atoms with Crippen LogP contribution in [0.1, 0.15) is 16.8 Å². The molecule has 0 saturated heterocycles. The van der Waals surface area contributed by atoms with E-state index in [9.17, 15) is 0 Å². The van der Waals surface area contributed by atoms with Gasteiger partial charge in [0.05, 0.1) is 18.9 Å². The Bertz CT molecular complexity index is 805. The molecule has 0 radical (unpaired) electrons. The second-order valence-corrected chi connectivity index (χ2v) is 6.78. The van der Waals surface area contributed by atoms with Crippen molar-refractivity contribution < 1.29 is 4.74 Å². The van der Waals surface area contributed by atoms with Gasteiger partial charge in [0.1, 0.15) is 0 Å². The van der Waals surface area contributed by atoms with Crippen LogP contribution in [0.2, 0.25) is 0 Å². The van der Waals surface area contributed by atoms with Crippen LogP contribution in [0, 0.1) is 5.92 Å². The summed E-state index contributed by atoms with van der Waals surface area (Å²) in [4.78, 5) is 10.8. The minimum atomic E-state index is 0.393. The van der Waals surface area contributed by atoms with Crippen molar-refractivity contribution in [1.82, 2.24) is 24.6 Å².